The fraction of sp³-hybridized carbons (Fsp3) is 0.400. The molecule has 3 atom stereocenters. The number of nitriles is 1. The number of fused-ring (bicyclic) bond motifs is 4. The van der Waals surface area contributed by atoms with Crippen LogP contribution in [0.25, 0.3) is 0 Å². The van der Waals surface area contributed by atoms with E-state index in [0.717, 1.165) is 12.1 Å². The first-order valence-electron chi connectivity index (χ1n) is 9.31. The number of nitrogens with zero attached hydrogens (tertiary/aromatic N) is 3. The second kappa shape index (κ2) is 7.00. The lowest BCUT2D eigenvalue weighted by molar-refractivity contribution is -0.119. The summed E-state index contributed by atoms with van der Waals surface area (Å²) in [5.41, 5.74) is 1.63. The van der Waals surface area contributed by atoms with Crippen molar-refractivity contribution in [2.45, 2.75) is 25.3 Å². The Bertz CT molecular complexity index is 1030. The van der Waals surface area contributed by atoms with Crippen LogP contribution in [0.15, 0.2) is 35.3 Å². The van der Waals surface area contributed by atoms with Gasteiger partial charge >= 0.3 is 0 Å². The average Bonchev–Trinajstić information content (AvgIpc) is 3.16. The summed E-state index contributed by atoms with van der Waals surface area (Å²) in [6.45, 7) is 2.83. The maximum absolute atomic E-state index is 13.0. The molecule has 0 spiro atoms. The van der Waals surface area contributed by atoms with Crippen molar-refractivity contribution < 1.29 is 9.59 Å². The number of rotatable bonds is 3. The standard InChI is InChI=1S/C20H21N5O3/c1-12(26)22-9-18-15-6-14(17-3-2-4-19(27)25(17)18)10-24(11-15)20(28)16-5-13(7-21)8-23-16/h2-5,8,14-15,18,23H,6,9-11H2,1H3,(H,22,26)/t14-,15+,18+/m1/s1. The van der Waals surface area contributed by atoms with Gasteiger partial charge in [0, 0.05) is 50.4 Å². The highest BCUT2D eigenvalue weighted by molar-refractivity contribution is 5.93. The molecule has 2 aromatic heterocycles. The molecule has 144 valence electrons. The van der Waals surface area contributed by atoms with Crippen LogP contribution in [0.4, 0.5) is 0 Å². The Balaban J connectivity index is 1.66. The summed E-state index contributed by atoms with van der Waals surface area (Å²) >= 11 is 0. The lowest BCUT2D eigenvalue weighted by atomic mass is 9.78. The molecular formula is C20H21N5O3. The van der Waals surface area contributed by atoms with Crippen molar-refractivity contribution in [3.63, 3.8) is 0 Å². The van der Waals surface area contributed by atoms with E-state index in [9.17, 15) is 14.4 Å². The molecule has 2 N–H and O–H groups in total. The van der Waals surface area contributed by atoms with Crippen LogP contribution in [0.2, 0.25) is 0 Å². The van der Waals surface area contributed by atoms with Crippen LogP contribution in [-0.2, 0) is 4.79 Å². The van der Waals surface area contributed by atoms with Crippen molar-refractivity contribution >= 4 is 11.8 Å². The Morgan fingerprint density at radius 1 is 1.36 bits per heavy atom. The number of carbonyl (C=O) groups excluding carboxylic acids is 2. The number of aromatic nitrogens is 2. The van der Waals surface area contributed by atoms with Gasteiger partial charge in [-0.1, -0.05) is 6.07 Å². The van der Waals surface area contributed by atoms with E-state index in [0.29, 0.717) is 30.9 Å². The van der Waals surface area contributed by atoms with E-state index in [4.69, 9.17) is 5.26 Å². The maximum atomic E-state index is 13.0. The van der Waals surface area contributed by atoms with Gasteiger partial charge in [0.25, 0.3) is 11.5 Å². The first-order chi connectivity index (χ1) is 13.5. The van der Waals surface area contributed by atoms with Gasteiger partial charge in [-0.2, -0.15) is 5.26 Å². The highest BCUT2D eigenvalue weighted by Crippen LogP contribution is 2.41. The fourth-order valence-electron chi connectivity index (χ4n) is 4.47. The largest absolute Gasteiger partial charge is 0.356 e. The summed E-state index contributed by atoms with van der Waals surface area (Å²) in [6.07, 6.45) is 2.39. The number of hydrogen-bond donors (Lipinski definition) is 2. The molecule has 28 heavy (non-hydrogen) atoms. The number of nitrogens with one attached hydrogen (secondary N) is 2. The second-order valence-corrected chi connectivity index (χ2v) is 7.48. The lowest BCUT2D eigenvalue weighted by Crippen LogP contribution is -2.53. The van der Waals surface area contributed by atoms with Gasteiger partial charge in [0.2, 0.25) is 5.91 Å². The van der Waals surface area contributed by atoms with Crippen LogP contribution < -0.4 is 10.9 Å². The predicted molar refractivity (Wildman–Crippen MR) is 101 cm³/mol. The van der Waals surface area contributed by atoms with Crippen molar-refractivity contribution in [2.24, 2.45) is 5.92 Å². The monoisotopic (exact) mass is 379 g/mol. The zero-order valence-electron chi connectivity index (χ0n) is 15.5. The Morgan fingerprint density at radius 2 is 2.18 bits per heavy atom. The number of likely N-dealkylation sites (tertiary alicyclic amines) is 1. The lowest BCUT2D eigenvalue weighted by Gasteiger charge is -2.46. The number of aromatic amines is 1. The van der Waals surface area contributed by atoms with E-state index < -0.39 is 0 Å². The van der Waals surface area contributed by atoms with Gasteiger partial charge in [0.15, 0.2) is 0 Å². The maximum Gasteiger partial charge on any atom is 0.270 e. The summed E-state index contributed by atoms with van der Waals surface area (Å²) < 4.78 is 1.79. The van der Waals surface area contributed by atoms with Gasteiger partial charge in [-0.15, -0.1) is 0 Å². The Morgan fingerprint density at radius 3 is 2.89 bits per heavy atom. The van der Waals surface area contributed by atoms with E-state index in [2.05, 4.69) is 10.3 Å². The topological polar surface area (TPSA) is 111 Å². The van der Waals surface area contributed by atoms with Gasteiger partial charge in [-0.05, 0) is 24.5 Å². The minimum Gasteiger partial charge on any atom is -0.356 e. The quantitative estimate of drug-likeness (QED) is 0.828. The molecule has 1 fully saturated rings. The minimum absolute atomic E-state index is 0.0625. The van der Waals surface area contributed by atoms with Gasteiger partial charge < -0.3 is 19.8 Å². The summed E-state index contributed by atoms with van der Waals surface area (Å²) in [7, 11) is 0. The number of piperidine rings is 1. The normalized spacial score (nSPS) is 22.9. The molecule has 0 aromatic carbocycles. The molecule has 4 heterocycles. The molecule has 0 aliphatic carbocycles. The molecule has 2 aromatic rings. The van der Waals surface area contributed by atoms with Crippen molar-refractivity contribution in [3.8, 4) is 6.07 Å². The van der Waals surface area contributed by atoms with Crippen LogP contribution in [-0.4, -0.2) is 45.9 Å². The molecule has 0 unspecified atom stereocenters. The molecule has 8 heteroatoms. The number of carbonyl (C=O) groups is 2. The summed E-state index contributed by atoms with van der Waals surface area (Å²) in [4.78, 5) is 41.6. The molecule has 2 amide bonds. The van der Waals surface area contributed by atoms with Crippen LogP contribution >= 0.6 is 0 Å². The Labute approximate surface area is 161 Å². The molecule has 2 aliphatic heterocycles. The summed E-state index contributed by atoms with van der Waals surface area (Å²) in [5.74, 6) is -0.170. The zero-order valence-corrected chi connectivity index (χ0v) is 15.5. The zero-order chi connectivity index (χ0) is 19.8. The second-order valence-electron chi connectivity index (χ2n) is 7.48. The van der Waals surface area contributed by atoms with Crippen molar-refractivity contribution in [1.82, 2.24) is 19.8 Å². The van der Waals surface area contributed by atoms with E-state index in [-0.39, 0.29) is 35.3 Å². The first kappa shape index (κ1) is 18.0. The van der Waals surface area contributed by atoms with Gasteiger partial charge in [0.1, 0.15) is 11.8 Å². The molecule has 0 saturated carbocycles. The van der Waals surface area contributed by atoms with E-state index >= 15 is 0 Å². The van der Waals surface area contributed by atoms with Crippen LogP contribution in [0, 0.1) is 17.2 Å². The minimum atomic E-state index is -0.197. The number of amides is 2. The molecule has 2 bridgehead atoms. The first-order valence-corrected chi connectivity index (χ1v) is 9.31. The van der Waals surface area contributed by atoms with Crippen molar-refractivity contribution in [1.29, 1.82) is 5.26 Å². The average molecular weight is 379 g/mol. The van der Waals surface area contributed by atoms with Crippen LogP contribution in [0.3, 0.4) is 0 Å². The van der Waals surface area contributed by atoms with E-state index in [1.807, 2.05) is 12.1 Å². The SMILES string of the molecule is CC(=O)NC[C@H]1[C@H]2C[C@H](CN(C(=O)c3cc(C#N)c[nH]3)C2)c2cccc(=O)n21. The van der Waals surface area contributed by atoms with Crippen LogP contribution in [0.5, 0.6) is 0 Å². The third-order valence-corrected chi connectivity index (χ3v) is 5.69. The third-order valence-electron chi connectivity index (χ3n) is 5.69. The molecule has 0 radical (unpaired) electrons. The van der Waals surface area contributed by atoms with E-state index in [1.54, 1.807) is 21.6 Å². The molecule has 2 aliphatic rings. The van der Waals surface area contributed by atoms with Crippen molar-refractivity contribution in [2.75, 3.05) is 19.6 Å². The number of hydrogen-bond acceptors (Lipinski definition) is 4. The fourth-order valence-corrected chi connectivity index (χ4v) is 4.47. The predicted octanol–water partition coefficient (Wildman–Crippen LogP) is 0.985. The summed E-state index contributed by atoms with van der Waals surface area (Å²) in [5, 5.41) is 11.8. The van der Waals surface area contributed by atoms with Crippen LogP contribution in [0.1, 0.15) is 47.1 Å². The van der Waals surface area contributed by atoms with E-state index in [1.165, 1.54) is 19.2 Å². The summed E-state index contributed by atoms with van der Waals surface area (Å²) in [6, 6.07) is 8.59. The Kier molecular flexibility index (Phi) is 4.51. The third kappa shape index (κ3) is 3.09. The Hall–Kier alpha value is -3.34. The smallest absolute Gasteiger partial charge is 0.270 e. The van der Waals surface area contributed by atoms with Gasteiger partial charge in [-0.3, -0.25) is 14.4 Å². The van der Waals surface area contributed by atoms with Gasteiger partial charge in [0.05, 0.1) is 11.6 Å². The highest BCUT2D eigenvalue weighted by atomic mass is 16.2. The molecular weight excluding hydrogens is 358 g/mol. The molecule has 4 rings (SSSR count). The number of H-pyrrole nitrogens is 1. The van der Waals surface area contributed by atoms with Crippen molar-refractivity contribution in [3.05, 3.63) is 57.8 Å². The molecule has 8 nitrogen and oxygen atoms in total. The number of pyridine rings is 1. The van der Waals surface area contributed by atoms with Gasteiger partial charge in [-0.25, -0.2) is 0 Å². The highest BCUT2D eigenvalue weighted by Gasteiger charge is 2.42. The molecule has 1 saturated heterocycles.